The van der Waals surface area contributed by atoms with E-state index in [0.29, 0.717) is 12.2 Å². The second-order valence-electron chi connectivity index (χ2n) is 6.95. The van der Waals surface area contributed by atoms with Gasteiger partial charge in [0.2, 0.25) is 0 Å². The van der Waals surface area contributed by atoms with Crippen molar-refractivity contribution in [2.24, 2.45) is 17.6 Å². The zero-order valence-electron chi connectivity index (χ0n) is 11.9. The predicted octanol–water partition coefficient (Wildman–Crippen LogP) is 2.00. The number of nitrogens with two attached hydrogens (primary N) is 1. The van der Waals surface area contributed by atoms with Crippen molar-refractivity contribution >= 4 is 0 Å². The molecule has 3 heteroatoms. The average Bonchev–Trinajstić information content (AvgIpc) is 2.87. The van der Waals surface area contributed by atoms with Gasteiger partial charge in [-0.15, -0.1) is 0 Å². The van der Waals surface area contributed by atoms with Crippen LogP contribution in [0.5, 0.6) is 0 Å². The van der Waals surface area contributed by atoms with Crippen molar-refractivity contribution in [3.63, 3.8) is 0 Å². The summed E-state index contributed by atoms with van der Waals surface area (Å²) >= 11 is 0. The SMILES string of the molecule is CC1CC(CN)(N2CC3CCCC3C2)CC(C)O1. The molecule has 104 valence electrons. The molecule has 0 aromatic carbocycles. The molecule has 3 nitrogen and oxygen atoms in total. The molecule has 4 unspecified atom stereocenters. The van der Waals surface area contributed by atoms with E-state index in [4.69, 9.17) is 10.5 Å². The smallest absolute Gasteiger partial charge is 0.0568 e. The Bertz CT molecular complexity index is 285. The highest BCUT2D eigenvalue weighted by Crippen LogP contribution is 2.43. The molecule has 4 atom stereocenters. The number of likely N-dealkylation sites (tertiary alicyclic amines) is 1. The number of hydrogen-bond donors (Lipinski definition) is 1. The summed E-state index contributed by atoms with van der Waals surface area (Å²) in [5, 5.41) is 0. The fraction of sp³-hybridized carbons (Fsp3) is 1.00. The van der Waals surface area contributed by atoms with Crippen molar-refractivity contribution in [3.8, 4) is 0 Å². The van der Waals surface area contributed by atoms with E-state index in [1.807, 2.05) is 0 Å². The van der Waals surface area contributed by atoms with E-state index >= 15 is 0 Å². The Balaban J connectivity index is 1.75. The fourth-order valence-corrected chi connectivity index (χ4v) is 4.82. The highest BCUT2D eigenvalue weighted by atomic mass is 16.5. The van der Waals surface area contributed by atoms with Gasteiger partial charge in [-0.25, -0.2) is 0 Å². The van der Waals surface area contributed by atoms with Gasteiger partial charge in [0, 0.05) is 25.2 Å². The van der Waals surface area contributed by atoms with Crippen molar-refractivity contribution in [1.82, 2.24) is 4.90 Å². The van der Waals surface area contributed by atoms with Crippen LogP contribution in [0.15, 0.2) is 0 Å². The monoisotopic (exact) mass is 252 g/mol. The zero-order valence-corrected chi connectivity index (χ0v) is 11.9. The van der Waals surface area contributed by atoms with Crippen LogP contribution < -0.4 is 5.73 Å². The number of nitrogens with zero attached hydrogens (tertiary/aromatic N) is 1. The molecule has 2 saturated heterocycles. The first-order valence-corrected chi connectivity index (χ1v) is 7.73. The Morgan fingerprint density at radius 2 is 1.67 bits per heavy atom. The van der Waals surface area contributed by atoms with Crippen LogP contribution in [-0.2, 0) is 4.74 Å². The lowest BCUT2D eigenvalue weighted by Gasteiger charge is -2.48. The molecule has 0 bridgehead atoms. The minimum Gasteiger partial charge on any atom is -0.375 e. The molecule has 0 amide bonds. The maximum atomic E-state index is 6.20. The standard InChI is InChI=1S/C15H28N2O/c1-11-6-15(10-16,7-12(2)18-11)17-8-13-4-3-5-14(13)9-17/h11-14H,3-10,16H2,1-2H3. The van der Waals surface area contributed by atoms with Gasteiger partial charge in [0.15, 0.2) is 0 Å². The lowest BCUT2D eigenvalue weighted by Crippen LogP contribution is -2.59. The Morgan fingerprint density at radius 3 is 2.17 bits per heavy atom. The summed E-state index contributed by atoms with van der Waals surface area (Å²) in [5.41, 5.74) is 6.42. The molecule has 2 heterocycles. The molecule has 3 rings (SSSR count). The average molecular weight is 252 g/mol. The molecule has 18 heavy (non-hydrogen) atoms. The molecular formula is C15H28N2O. The minimum absolute atomic E-state index is 0.224. The zero-order chi connectivity index (χ0) is 12.8. The lowest BCUT2D eigenvalue weighted by molar-refractivity contribution is -0.0997. The molecule has 0 aromatic rings. The van der Waals surface area contributed by atoms with Gasteiger partial charge < -0.3 is 10.5 Å². The Kier molecular flexibility index (Phi) is 3.41. The number of hydrogen-bond acceptors (Lipinski definition) is 3. The summed E-state index contributed by atoms with van der Waals surface area (Å²) in [6.45, 7) is 7.79. The second-order valence-corrected chi connectivity index (χ2v) is 6.95. The third kappa shape index (κ3) is 2.10. The largest absolute Gasteiger partial charge is 0.375 e. The second kappa shape index (κ2) is 4.77. The molecule has 1 saturated carbocycles. The van der Waals surface area contributed by atoms with Gasteiger partial charge in [-0.1, -0.05) is 6.42 Å². The van der Waals surface area contributed by atoms with Crippen molar-refractivity contribution in [2.75, 3.05) is 19.6 Å². The molecule has 0 spiro atoms. The van der Waals surface area contributed by atoms with Crippen LogP contribution >= 0.6 is 0 Å². The quantitative estimate of drug-likeness (QED) is 0.817. The summed E-state index contributed by atoms with van der Waals surface area (Å²) < 4.78 is 5.91. The summed E-state index contributed by atoms with van der Waals surface area (Å²) in [5.74, 6) is 1.92. The Labute approximate surface area is 111 Å². The van der Waals surface area contributed by atoms with Crippen molar-refractivity contribution < 1.29 is 4.74 Å². The van der Waals surface area contributed by atoms with Crippen LogP contribution in [0.2, 0.25) is 0 Å². The molecule has 2 aliphatic heterocycles. The third-order valence-corrected chi connectivity index (χ3v) is 5.58. The summed E-state index contributed by atoms with van der Waals surface area (Å²) in [6.07, 6.45) is 7.30. The first kappa shape index (κ1) is 12.9. The van der Waals surface area contributed by atoms with Gasteiger partial charge in [0.1, 0.15) is 0 Å². The highest BCUT2D eigenvalue weighted by Gasteiger charge is 2.48. The van der Waals surface area contributed by atoms with Gasteiger partial charge >= 0.3 is 0 Å². The molecule has 0 aromatic heterocycles. The van der Waals surface area contributed by atoms with Crippen LogP contribution in [0.4, 0.5) is 0 Å². The lowest BCUT2D eigenvalue weighted by atomic mass is 9.82. The molecule has 1 aliphatic carbocycles. The Hall–Kier alpha value is -0.120. The van der Waals surface area contributed by atoms with Gasteiger partial charge in [0.25, 0.3) is 0 Å². The van der Waals surface area contributed by atoms with Crippen molar-refractivity contribution in [3.05, 3.63) is 0 Å². The van der Waals surface area contributed by atoms with Gasteiger partial charge in [-0.05, 0) is 51.4 Å². The van der Waals surface area contributed by atoms with E-state index in [0.717, 1.165) is 31.2 Å². The summed E-state index contributed by atoms with van der Waals surface area (Å²) in [7, 11) is 0. The molecular weight excluding hydrogens is 224 g/mol. The fourth-order valence-electron chi connectivity index (χ4n) is 4.82. The first-order chi connectivity index (χ1) is 8.63. The number of fused-ring (bicyclic) bond motifs is 1. The van der Waals surface area contributed by atoms with E-state index < -0.39 is 0 Å². The minimum atomic E-state index is 0.224. The van der Waals surface area contributed by atoms with Crippen LogP contribution in [0.1, 0.15) is 46.0 Å². The van der Waals surface area contributed by atoms with E-state index in [2.05, 4.69) is 18.7 Å². The molecule has 0 radical (unpaired) electrons. The van der Waals surface area contributed by atoms with Crippen LogP contribution in [-0.4, -0.2) is 42.3 Å². The van der Waals surface area contributed by atoms with E-state index in [9.17, 15) is 0 Å². The molecule has 3 aliphatic rings. The van der Waals surface area contributed by atoms with E-state index in [-0.39, 0.29) is 5.54 Å². The molecule has 3 fully saturated rings. The summed E-state index contributed by atoms with van der Waals surface area (Å²) in [6, 6.07) is 0. The maximum Gasteiger partial charge on any atom is 0.0568 e. The Morgan fingerprint density at radius 1 is 1.11 bits per heavy atom. The topological polar surface area (TPSA) is 38.5 Å². The normalized spacial score (nSPS) is 49.5. The van der Waals surface area contributed by atoms with Crippen LogP contribution in [0, 0.1) is 11.8 Å². The summed E-state index contributed by atoms with van der Waals surface area (Å²) in [4.78, 5) is 2.73. The number of rotatable bonds is 2. The first-order valence-electron chi connectivity index (χ1n) is 7.73. The predicted molar refractivity (Wildman–Crippen MR) is 73.4 cm³/mol. The van der Waals surface area contributed by atoms with Gasteiger partial charge in [-0.3, -0.25) is 4.90 Å². The van der Waals surface area contributed by atoms with Gasteiger partial charge in [-0.2, -0.15) is 0 Å². The van der Waals surface area contributed by atoms with Crippen molar-refractivity contribution in [1.29, 1.82) is 0 Å². The van der Waals surface area contributed by atoms with Crippen molar-refractivity contribution in [2.45, 2.75) is 63.7 Å². The highest BCUT2D eigenvalue weighted by molar-refractivity contribution is 5.02. The van der Waals surface area contributed by atoms with Crippen LogP contribution in [0.3, 0.4) is 0 Å². The van der Waals surface area contributed by atoms with Gasteiger partial charge in [0.05, 0.1) is 12.2 Å². The maximum absolute atomic E-state index is 6.20. The van der Waals surface area contributed by atoms with E-state index in [1.54, 1.807) is 0 Å². The van der Waals surface area contributed by atoms with E-state index in [1.165, 1.54) is 32.4 Å². The third-order valence-electron chi connectivity index (χ3n) is 5.58. The number of ether oxygens (including phenoxy) is 1. The molecule has 2 N–H and O–H groups in total. The van der Waals surface area contributed by atoms with Crippen LogP contribution in [0.25, 0.3) is 0 Å².